The van der Waals surface area contributed by atoms with Gasteiger partial charge in [0.25, 0.3) is 5.91 Å². The molecule has 0 spiro atoms. The molecule has 2 aromatic carbocycles. The highest BCUT2D eigenvalue weighted by Crippen LogP contribution is 2.36. The van der Waals surface area contributed by atoms with E-state index in [9.17, 15) is 18.0 Å². The number of hydrogen-bond acceptors (Lipinski definition) is 4. The van der Waals surface area contributed by atoms with Gasteiger partial charge in [-0.2, -0.15) is 13.2 Å². The molecule has 2 heterocycles. The topological polar surface area (TPSA) is 72.7 Å². The Morgan fingerprint density at radius 1 is 1.11 bits per heavy atom. The van der Waals surface area contributed by atoms with Crippen LogP contribution in [0.25, 0.3) is 5.69 Å². The number of aryl methyl sites for hydroxylation is 1. The fourth-order valence-corrected chi connectivity index (χ4v) is 3.99. The van der Waals surface area contributed by atoms with Gasteiger partial charge in [0.2, 0.25) is 0 Å². The van der Waals surface area contributed by atoms with Crippen LogP contribution in [0.1, 0.15) is 51.4 Å². The van der Waals surface area contributed by atoms with Crippen LogP contribution >= 0.6 is 11.6 Å². The number of hydrogen-bond donors (Lipinski definition) is 1. The van der Waals surface area contributed by atoms with Crippen LogP contribution in [0.2, 0.25) is 5.02 Å². The van der Waals surface area contributed by atoms with Crippen molar-refractivity contribution in [1.29, 1.82) is 0 Å². The number of halogens is 4. The molecule has 1 aliphatic carbocycles. The molecule has 5 rings (SSSR count). The summed E-state index contributed by atoms with van der Waals surface area (Å²) in [6, 6.07) is 8.07. The Morgan fingerprint density at radius 2 is 1.87 bits per heavy atom. The zero-order chi connectivity index (χ0) is 26.9. The van der Waals surface area contributed by atoms with Crippen molar-refractivity contribution in [2.75, 3.05) is 5.32 Å². The summed E-state index contributed by atoms with van der Waals surface area (Å²) in [5, 5.41) is 2.86. The first kappa shape index (κ1) is 25.5. The Labute approximate surface area is 221 Å². The molecule has 0 unspecified atom stereocenters. The third-order valence-electron chi connectivity index (χ3n) is 5.99. The van der Waals surface area contributed by atoms with Gasteiger partial charge in [-0.3, -0.25) is 4.79 Å². The van der Waals surface area contributed by atoms with Crippen LogP contribution in [0.15, 0.2) is 61.3 Å². The van der Waals surface area contributed by atoms with Crippen molar-refractivity contribution in [3.8, 4) is 17.5 Å². The Bertz CT molecular complexity index is 1560. The number of anilines is 1. The molecule has 1 N–H and O–H groups in total. The van der Waals surface area contributed by atoms with Gasteiger partial charge in [-0.25, -0.2) is 15.0 Å². The van der Waals surface area contributed by atoms with Crippen LogP contribution in [0, 0.1) is 24.7 Å². The van der Waals surface area contributed by atoms with E-state index in [-0.39, 0.29) is 16.9 Å². The first-order chi connectivity index (χ1) is 18.2. The molecule has 0 atom stereocenters. The van der Waals surface area contributed by atoms with Gasteiger partial charge >= 0.3 is 6.18 Å². The van der Waals surface area contributed by atoms with Gasteiger partial charge in [0.15, 0.2) is 0 Å². The fourth-order valence-electron chi connectivity index (χ4n) is 3.83. The molecular formula is C28H21ClF3N5O. The predicted molar refractivity (Wildman–Crippen MR) is 137 cm³/mol. The van der Waals surface area contributed by atoms with E-state index in [1.807, 2.05) is 0 Å². The van der Waals surface area contributed by atoms with Gasteiger partial charge in [0.05, 0.1) is 33.9 Å². The van der Waals surface area contributed by atoms with Crippen molar-refractivity contribution in [1.82, 2.24) is 19.5 Å². The number of amides is 1. The summed E-state index contributed by atoms with van der Waals surface area (Å²) in [7, 11) is 0. The molecule has 192 valence electrons. The van der Waals surface area contributed by atoms with Crippen LogP contribution in [0.4, 0.5) is 18.9 Å². The number of nitrogens with one attached hydrogen (secondary N) is 1. The van der Waals surface area contributed by atoms with Crippen molar-refractivity contribution < 1.29 is 18.0 Å². The third kappa shape index (κ3) is 6.03. The van der Waals surface area contributed by atoms with Gasteiger partial charge < -0.3 is 9.88 Å². The lowest BCUT2D eigenvalue weighted by atomic mass is 10.1. The molecule has 0 saturated heterocycles. The van der Waals surface area contributed by atoms with E-state index in [2.05, 4.69) is 32.1 Å². The van der Waals surface area contributed by atoms with Gasteiger partial charge in [-0.1, -0.05) is 23.4 Å². The monoisotopic (exact) mass is 535 g/mol. The minimum absolute atomic E-state index is 0.00562. The number of aromatic nitrogens is 4. The van der Waals surface area contributed by atoms with Gasteiger partial charge in [0, 0.05) is 41.8 Å². The number of carbonyl (C=O) groups is 1. The number of rotatable bonds is 5. The highest BCUT2D eigenvalue weighted by atomic mass is 35.5. The lowest BCUT2D eigenvalue weighted by molar-refractivity contribution is -0.137. The predicted octanol–water partition coefficient (Wildman–Crippen LogP) is 6.25. The standard InChI is InChI=1S/C28H21ClF3N5O/c1-17-15-37(16-35-17)25-9-7-22(12-23(25)28(30,31)32)36-27(38)21-6-8-24(29)20(11-21)5-4-19-13-33-26(34-14-19)10-18-2-3-18/h6-9,11-16,18H,2-3,10H2,1H3,(H,36,38). The van der Waals surface area contributed by atoms with Crippen LogP contribution in [-0.4, -0.2) is 25.4 Å². The van der Waals surface area contributed by atoms with Gasteiger partial charge in [-0.15, -0.1) is 0 Å². The number of nitrogens with zero attached hydrogens (tertiary/aromatic N) is 4. The Morgan fingerprint density at radius 3 is 2.53 bits per heavy atom. The number of imidazole rings is 1. The molecule has 38 heavy (non-hydrogen) atoms. The average molecular weight is 536 g/mol. The molecular weight excluding hydrogens is 515 g/mol. The molecule has 2 aromatic heterocycles. The van der Waals surface area contributed by atoms with Crippen molar-refractivity contribution in [3.63, 3.8) is 0 Å². The van der Waals surface area contributed by atoms with Crippen molar-refractivity contribution >= 4 is 23.2 Å². The summed E-state index contributed by atoms with van der Waals surface area (Å²) in [6.07, 6.45) is 4.76. The normalized spacial score (nSPS) is 13.1. The largest absolute Gasteiger partial charge is 0.418 e. The number of carbonyl (C=O) groups excluding carboxylic acids is 1. The SMILES string of the molecule is Cc1cn(-c2ccc(NC(=O)c3ccc(Cl)c(C#Cc4cnc(CC5CC5)nc4)c3)cc2C(F)(F)F)cn1. The smallest absolute Gasteiger partial charge is 0.322 e. The molecule has 6 nitrogen and oxygen atoms in total. The Kier molecular flexibility index (Phi) is 6.91. The van der Waals surface area contributed by atoms with Crippen LogP contribution in [0.5, 0.6) is 0 Å². The van der Waals surface area contributed by atoms with E-state index in [0.717, 1.165) is 18.3 Å². The highest BCUT2D eigenvalue weighted by molar-refractivity contribution is 6.32. The molecule has 1 fully saturated rings. The Hall–Kier alpha value is -4.16. The average Bonchev–Trinajstić information content (AvgIpc) is 3.60. The second kappa shape index (κ2) is 10.3. The van der Waals surface area contributed by atoms with E-state index < -0.39 is 17.6 Å². The second-order valence-electron chi connectivity index (χ2n) is 9.09. The quantitative estimate of drug-likeness (QED) is 0.307. The number of alkyl halides is 3. The minimum atomic E-state index is -4.64. The summed E-state index contributed by atoms with van der Waals surface area (Å²) in [5.74, 6) is 6.72. The second-order valence-corrected chi connectivity index (χ2v) is 9.49. The van der Waals surface area contributed by atoms with Crippen molar-refractivity contribution in [3.05, 3.63) is 100 Å². The lowest BCUT2D eigenvalue weighted by Gasteiger charge is -2.15. The van der Waals surface area contributed by atoms with Gasteiger partial charge in [0.1, 0.15) is 5.82 Å². The van der Waals surface area contributed by atoms with Crippen LogP contribution in [-0.2, 0) is 12.6 Å². The van der Waals surface area contributed by atoms with Crippen molar-refractivity contribution in [2.24, 2.45) is 5.92 Å². The first-order valence-corrected chi connectivity index (χ1v) is 12.2. The van der Waals surface area contributed by atoms with Crippen LogP contribution in [0.3, 0.4) is 0 Å². The first-order valence-electron chi connectivity index (χ1n) is 11.8. The number of benzene rings is 2. The maximum absolute atomic E-state index is 13.8. The summed E-state index contributed by atoms with van der Waals surface area (Å²) < 4.78 is 42.7. The molecule has 0 aliphatic heterocycles. The minimum Gasteiger partial charge on any atom is -0.322 e. The van der Waals surface area contributed by atoms with E-state index in [4.69, 9.17) is 11.6 Å². The summed E-state index contributed by atoms with van der Waals surface area (Å²) in [4.78, 5) is 25.6. The molecule has 0 bridgehead atoms. The molecule has 4 aromatic rings. The van der Waals surface area contributed by atoms with E-state index in [0.29, 0.717) is 27.8 Å². The maximum atomic E-state index is 13.8. The molecule has 10 heteroatoms. The highest BCUT2D eigenvalue weighted by Gasteiger charge is 2.34. The van der Waals surface area contributed by atoms with Crippen molar-refractivity contribution in [2.45, 2.75) is 32.4 Å². The zero-order valence-corrected chi connectivity index (χ0v) is 20.9. The van der Waals surface area contributed by atoms with E-state index in [1.54, 1.807) is 19.3 Å². The Balaban J connectivity index is 1.35. The third-order valence-corrected chi connectivity index (χ3v) is 6.32. The molecule has 1 amide bonds. The fraction of sp³-hybridized carbons (Fsp3) is 0.214. The molecule has 1 saturated carbocycles. The molecule has 0 radical (unpaired) electrons. The molecule has 1 aliphatic rings. The van der Waals surface area contributed by atoms with E-state index in [1.165, 1.54) is 60.3 Å². The zero-order valence-electron chi connectivity index (χ0n) is 20.2. The van der Waals surface area contributed by atoms with Crippen LogP contribution < -0.4 is 5.32 Å². The van der Waals surface area contributed by atoms with Gasteiger partial charge in [-0.05, 0) is 62.1 Å². The summed E-state index contributed by atoms with van der Waals surface area (Å²) in [5.41, 5.74) is 0.763. The summed E-state index contributed by atoms with van der Waals surface area (Å²) >= 11 is 6.27. The lowest BCUT2D eigenvalue weighted by Crippen LogP contribution is -2.15. The maximum Gasteiger partial charge on any atom is 0.418 e. The van der Waals surface area contributed by atoms with E-state index >= 15 is 0 Å². The summed E-state index contributed by atoms with van der Waals surface area (Å²) in [6.45, 7) is 1.68.